The third-order valence-electron chi connectivity index (χ3n) is 3.45. The summed E-state index contributed by atoms with van der Waals surface area (Å²) in [6, 6.07) is 9.52. The summed E-state index contributed by atoms with van der Waals surface area (Å²) in [5.74, 6) is 0.743. The zero-order valence-corrected chi connectivity index (χ0v) is 12.4. The lowest BCUT2D eigenvalue weighted by Crippen LogP contribution is -2.30. The van der Waals surface area contributed by atoms with Crippen LogP contribution < -0.4 is 0 Å². The normalized spacial score (nSPS) is 17.5. The van der Waals surface area contributed by atoms with Crippen molar-refractivity contribution in [3.05, 3.63) is 70.0 Å². The van der Waals surface area contributed by atoms with Crippen LogP contribution in [0.3, 0.4) is 0 Å². The predicted molar refractivity (Wildman–Crippen MR) is 83.6 cm³/mol. The van der Waals surface area contributed by atoms with Gasteiger partial charge in [-0.3, -0.25) is 19.9 Å². The molecule has 0 aliphatic carbocycles. The molecule has 112 valence electrons. The summed E-state index contributed by atoms with van der Waals surface area (Å²) in [5.41, 5.74) is 1.43. The topological polar surface area (TPSA) is 76.3 Å². The van der Waals surface area contributed by atoms with Crippen molar-refractivity contribution < 1.29 is 9.72 Å². The zero-order chi connectivity index (χ0) is 15.5. The van der Waals surface area contributed by atoms with E-state index in [2.05, 4.69) is 4.98 Å². The molecule has 0 N–H and O–H groups in total. The minimum Gasteiger partial charge on any atom is -0.322 e. The molecule has 2 heterocycles. The number of aromatic nitrogens is 1. The van der Waals surface area contributed by atoms with E-state index >= 15 is 0 Å². The molecule has 1 aromatic heterocycles. The molecule has 2 aromatic rings. The molecule has 0 bridgehead atoms. The molecule has 6 nitrogen and oxygen atoms in total. The monoisotopic (exact) mass is 315 g/mol. The van der Waals surface area contributed by atoms with Gasteiger partial charge < -0.3 is 4.90 Å². The lowest BCUT2D eigenvalue weighted by atomic mass is 10.1. The first-order chi connectivity index (χ1) is 10.7. The largest absolute Gasteiger partial charge is 0.322 e. The van der Waals surface area contributed by atoms with Crippen molar-refractivity contribution in [2.75, 3.05) is 12.3 Å². The van der Waals surface area contributed by atoms with Gasteiger partial charge in [0, 0.05) is 48.0 Å². The number of hydrogen-bond donors (Lipinski definition) is 0. The van der Waals surface area contributed by atoms with Crippen molar-refractivity contribution in [3.8, 4) is 0 Å². The van der Waals surface area contributed by atoms with Gasteiger partial charge in [0.25, 0.3) is 11.6 Å². The van der Waals surface area contributed by atoms with Crippen molar-refractivity contribution in [1.29, 1.82) is 0 Å². The Kier molecular flexibility index (Phi) is 4.06. The molecule has 7 heteroatoms. The highest BCUT2D eigenvalue weighted by Crippen LogP contribution is 2.38. The first-order valence-corrected chi connectivity index (χ1v) is 7.78. The summed E-state index contributed by atoms with van der Waals surface area (Å²) in [6.07, 6.45) is 3.46. The average molecular weight is 315 g/mol. The maximum absolute atomic E-state index is 12.6. The highest BCUT2D eigenvalue weighted by Gasteiger charge is 2.31. The molecule has 3 rings (SSSR count). The van der Waals surface area contributed by atoms with Crippen LogP contribution in [0, 0.1) is 10.1 Å². The van der Waals surface area contributed by atoms with Gasteiger partial charge in [-0.15, -0.1) is 11.8 Å². The van der Waals surface area contributed by atoms with E-state index in [-0.39, 0.29) is 17.0 Å². The van der Waals surface area contributed by atoms with Gasteiger partial charge in [0.15, 0.2) is 0 Å². The molecule has 0 radical (unpaired) electrons. The summed E-state index contributed by atoms with van der Waals surface area (Å²) < 4.78 is 0. The van der Waals surface area contributed by atoms with E-state index in [0.717, 1.165) is 11.3 Å². The molecular weight excluding hydrogens is 302 g/mol. The van der Waals surface area contributed by atoms with Crippen LogP contribution in [0.5, 0.6) is 0 Å². The second-order valence-electron chi connectivity index (χ2n) is 4.81. The average Bonchev–Trinajstić information content (AvgIpc) is 3.04. The number of non-ortho nitro benzene ring substituents is 1. The summed E-state index contributed by atoms with van der Waals surface area (Å²) in [5, 5.41) is 10.6. The fourth-order valence-electron chi connectivity index (χ4n) is 2.37. The fourth-order valence-corrected chi connectivity index (χ4v) is 3.61. The molecule has 1 saturated heterocycles. The predicted octanol–water partition coefficient (Wildman–Crippen LogP) is 2.88. The Morgan fingerprint density at radius 2 is 2.09 bits per heavy atom. The van der Waals surface area contributed by atoms with Gasteiger partial charge in [-0.25, -0.2) is 0 Å². The quantitative estimate of drug-likeness (QED) is 0.643. The fraction of sp³-hybridized carbons (Fsp3) is 0.200. The number of hydrogen-bond acceptors (Lipinski definition) is 5. The summed E-state index contributed by atoms with van der Waals surface area (Å²) >= 11 is 1.69. The first-order valence-electron chi connectivity index (χ1n) is 6.74. The highest BCUT2D eigenvalue weighted by atomic mass is 32.2. The number of amides is 1. The molecule has 1 aliphatic rings. The van der Waals surface area contributed by atoms with E-state index in [1.165, 1.54) is 24.3 Å². The minimum atomic E-state index is -0.474. The molecule has 1 fully saturated rings. The van der Waals surface area contributed by atoms with Crippen molar-refractivity contribution in [2.45, 2.75) is 5.37 Å². The minimum absolute atomic E-state index is 0.0174. The van der Waals surface area contributed by atoms with Gasteiger partial charge in [-0.05, 0) is 18.2 Å². The SMILES string of the molecule is O=C(c1ccc([N+](=O)[O-])cc1)N1CCS[C@@H]1c1cccnc1. The Hall–Kier alpha value is -2.41. The number of nitrogens with zero attached hydrogens (tertiary/aromatic N) is 3. The number of carbonyl (C=O) groups excluding carboxylic acids is 1. The number of pyridine rings is 1. The van der Waals surface area contributed by atoms with Crippen molar-refractivity contribution in [1.82, 2.24) is 9.88 Å². The Bertz CT molecular complexity index is 691. The maximum atomic E-state index is 12.6. The molecular formula is C15H13N3O3S. The van der Waals surface area contributed by atoms with E-state index in [1.807, 2.05) is 12.1 Å². The highest BCUT2D eigenvalue weighted by molar-refractivity contribution is 7.99. The van der Waals surface area contributed by atoms with Crippen molar-refractivity contribution >= 4 is 23.4 Å². The Balaban J connectivity index is 1.83. The smallest absolute Gasteiger partial charge is 0.269 e. The number of nitro groups is 1. The van der Waals surface area contributed by atoms with Crippen LogP contribution in [0.2, 0.25) is 0 Å². The molecule has 1 aliphatic heterocycles. The van der Waals surface area contributed by atoms with E-state index in [0.29, 0.717) is 12.1 Å². The van der Waals surface area contributed by atoms with E-state index < -0.39 is 4.92 Å². The second kappa shape index (κ2) is 6.15. The molecule has 1 atom stereocenters. The molecule has 1 amide bonds. The molecule has 0 spiro atoms. The van der Waals surface area contributed by atoms with Gasteiger partial charge in [0.05, 0.1) is 4.92 Å². The Morgan fingerprint density at radius 3 is 2.73 bits per heavy atom. The number of thioether (sulfide) groups is 1. The van der Waals surface area contributed by atoms with Crippen LogP contribution in [0.25, 0.3) is 0 Å². The van der Waals surface area contributed by atoms with Crippen LogP contribution in [-0.2, 0) is 0 Å². The van der Waals surface area contributed by atoms with E-state index in [1.54, 1.807) is 29.1 Å². The van der Waals surface area contributed by atoms with Crippen molar-refractivity contribution in [3.63, 3.8) is 0 Å². The third kappa shape index (κ3) is 2.80. The van der Waals surface area contributed by atoms with Crippen LogP contribution in [0.4, 0.5) is 5.69 Å². The Morgan fingerprint density at radius 1 is 1.32 bits per heavy atom. The van der Waals surface area contributed by atoms with Gasteiger partial charge in [-0.2, -0.15) is 0 Å². The number of carbonyl (C=O) groups is 1. The first kappa shape index (κ1) is 14.5. The number of benzene rings is 1. The van der Waals surface area contributed by atoms with Crippen LogP contribution in [0.15, 0.2) is 48.8 Å². The third-order valence-corrected chi connectivity index (χ3v) is 4.71. The van der Waals surface area contributed by atoms with Gasteiger partial charge in [0.2, 0.25) is 0 Å². The Labute approximate surface area is 131 Å². The van der Waals surface area contributed by atoms with Crippen molar-refractivity contribution in [2.24, 2.45) is 0 Å². The van der Waals surface area contributed by atoms with Crippen LogP contribution in [-0.4, -0.2) is 33.0 Å². The molecule has 1 aromatic carbocycles. The number of nitro benzene ring substituents is 1. The standard InChI is InChI=1S/C15H13N3O3S/c19-14(11-3-5-13(6-4-11)18(20)21)17-8-9-22-15(17)12-2-1-7-16-10-12/h1-7,10,15H,8-9H2/t15-/m1/s1. The van der Waals surface area contributed by atoms with E-state index in [9.17, 15) is 14.9 Å². The molecule has 0 unspecified atom stereocenters. The van der Waals surface area contributed by atoms with Gasteiger partial charge >= 0.3 is 0 Å². The zero-order valence-electron chi connectivity index (χ0n) is 11.6. The maximum Gasteiger partial charge on any atom is 0.269 e. The van der Waals surface area contributed by atoms with Crippen LogP contribution in [0.1, 0.15) is 21.3 Å². The second-order valence-corrected chi connectivity index (χ2v) is 6.00. The summed E-state index contributed by atoms with van der Waals surface area (Å²) in [7, 11) is 0. The number of rotatable bonds is 3. The molecule has 22 heavy (non-hydrogen) atoms. The van der Waals surface area contributed by atoms with Gasteiger partial charge in [-0.1, -0.05) is 6.07 Å². The summed E-state index contributed by atoms with van der Waals surface area (Å²) in [6.45, 7) is 0.653. The summed E-state index contributed by atoms with van der Waals surface area (Å²) in [4.78, 5) is 28.7. The van der Waals surface area contributed by atoms with Crippen LogP contribution >= 0.6 is 11.8 Å². The molecule has 0 saturated carbocycles. The van der Waals surface area contributed by atoms with E-state index in [4.69, 9.17) is 0 Å². The lowest BCUT2D eigenvalue weighted by Gasteiger charge is -2.23. The van der Waals surface area contributed by atoms with Gasteiger partial charge in [0.1, 0.15) is 5.37 Å². The lowest BCUT2D eigenvalue weighted by molar-refractivity contribution is -0.384.